The molecule has 0 amide bonds. The van der Waals surface area contributed by atoms with Gasteiger partial charge in [0.25, 0.3) is 0 Å². The summed E-state index contributed by atoms with van der Waals surface area (Å²) in [7, 11) is 0. The Morgan fingerprint density at radius 3 is 1.32 bits per heavy atom. The van der Waals surface area contributed by atoms with Gasteiger partial charge in [-0.05, 0) is 50.6 Å². The van der Waals surface area contributed by atoms with Crippen LogP contribution in [0.4, 0.5) is 0 Å². The van der Waals surface area contributed by atoms with Crippen LogP contribution in [0, 0.1) is 0 Å². The third-order valence-corrected chi connectivity index (χ3v) is 4.62. The minimum Gasteiger partial charge on any atom is -0.0582 e. The molecule has 0 N–H and O–H groups in total. The molecule has 0 spiro atoms. The summed E-state index contributed by atoms with van der Waals surface area (Å²) in [6, 6.07) is 14.1. The first-order chi connectivity index (χ1) is 9.66. The molecule has 3 rings (SSSR count). The summed E-state index contributed by atoms with van der Waals surface area (Å²) in [5, 5.41) is 0. The average Bonchev–Trinajstić information content (AvgIpc) is 2.73. The summed E-state index contributed by atoms with van der Waals surface area (Å²) in [5.41, 5.74) is 9.12. The Balaban J connectivity index is 0.00000176. The zero-order valence-electron chi connectivity index (χ0n) is 14.7. The van der Waals surface area contributed by atoms with Crippen LogP contribution in [-0.4, -0.2) is 0 Å². The molecule has 2 aromatic carbocycles. The Bertz CT molecular complexity index is 635. The molecule has 0 radical (unpaired) electrons. The van der Waals surface area contributed by atoms with Crippen LogP contribution in [0.15, 0.2) is 36.4 Å². The van der Waals surface area contributed by atoms with E-state index in [1.807, 2.05) is 0 Å². The SMILES string of the molecule is CC(C)(C)c1ccc2c(c1)-c1cc(C(C)(C)C)ccc1C2.[Zr]. The van der Waals surface area contributed by atoms with E-state index in [-0.39, 0.29) is 37.0 Å². The summed E-state index contributed by atoms with van der Waals surface area (Å²) in [4.78, 5) is 0. The first kappa shape index (κ1) is 17.7. The maximum atomic E-state index is 2.41. The van der Waals surface area contributed by atoms with Crippen LogP contribution in [0.3, 0.4) is 0 Å². The van der Waals surface area contributed by atoms with Gasteiger partial charge in [0.1, 0.15) is 0 Å². The predicted octanol–water partition coefficient (Wildman–Crippen LogP) is 5.85. The summed E-state index contributed by atoms with van der Waals surface area (Å²) in [5.74, 6) is 0. The molecule has 0 heterocycles. The second-order valence-electron chi connectivity index (χ2n) is 8.42. The van der Waals surface area contributed by atoms with E-state index in [9.17, 15) is 0 Å². The van der Waals surface area contributed by atoms with Crippen molar-refractivity contribution in [2.45, 2.75) is 58.8 Å². The van der Waals surface area contributed by atoms with Gasteiger partial charge in [-0.25, -0.2) is 0 Å². The number of hydrogen-bond donors (Lipinski definition) is 0. The van der Waals surface area contributed by atoms with E-state index in [1.165, 1.54) is 33.4 Å². The van der Waals surface area contributed by atoms with Gasteiger partial charge in [-0.15, -0.1) is 0 Å². The van der Waals surface area contributed by atoms with Crippen molar-refractivity contribution in [2.75, 3.05) is 0 Å². The van der Waals surface area contributed by atoms with Gasteiger partial charge in [-0.2, -0.15) is 0 Å². The number of benzene rings is 2. The number of fused-ring (bicyclic) bond motifs is 3. The van der Waals surface area contributed by atoms with Gasteiger partial charge in [0.2, 0.25) is 0 Å². The van der Waals surface area contributed by atoms with E-state index in [0.717, 1.165) is 6.42 Å². The van der Waals surface area contributed by atoms with E-state index in [2.05, 4.69) is 77.9 Å². The van der Waals surface area contributed by atoms with Crippen LogP contribution in [0.1, 0.15) is 63.8 Å². The zero-order chi connectivity index (χ0) is 15.4. The van der Waals surface area contributed by atoms with Crippen LogP contribution in [0.25, 0.3) is 11.1 Å². The van der Waals surface area contributed by atoms with Gasteiger partial charge in [-0.3, -0.25) is 0 Å². The topological polar surface area (TPSA) is 0 Å². The van der Waals surface area contributed by atoms with Crippen LogP contribution in [-0.2, 0) is 43.5 Å². The summed E-state index contributed by atoms with van der Waals surface area (Å²) in [6.07, 6.45) is 1.08. The van der Waals surface area contributed by atoms with Gasteiger partial charge >= 0.3 is 0 Å². The number of rotatable bonds is 0. The molecule has 0 aromatic heterocycles. The predicted molar refractivity (Wildman–Crippen MR) is 92.1 cm³/mol. The quantitative estimate of drug-likeness (QED) is 0.466. The first-order valence-electron chi connectivity index (χ1n) is 7.93. The molecule has 2 aromatic rings. The van der Waals surface area contributed by atoms with Crippen LogP contribution in [0.5, 0.6) is 0 Å². The molecule has 0 saturated heterocycles. The third-order valence-electron chi connectivity index (χ3n) is 4.62. The maximum absolute atomic E-state index is 2.41. The average molecular weight is 370 g/mol. The molecule has 1 aliphatic carbocycles. The molecule has 0 aliphatic heterocycles. The van der Waals surface area contributed by atoms with Crippen molar-refractivity contribution in [2.24, 2.45) is 0 Å². The van der Waals surface area contributed by atoms with E-state index in [0.29, 0.717) is 0 Å². The summed E-state index contributed by atoms with van der Waals surface area (Å²) >= 11 is 0. The Morgan fingerprint density at radius 2 is 1.00 bits per heavy atom. The molecule has 1 heteroatoms. The van der Waals surface area contributed by atoms with Crippen molar-refractivity contribution in [1.29, 1.82) is 0 Å². The fourth-order valence-corrected chi connectivity index (χ4v) is 3.10. The second kappa shape index (κ2) is 5.75. The Kier molecular flexibility index (Phi) is 4.62. The monoisotopic (exact) mass is 368 g/mol. The molecule has 0 bridgehead atoms. The van der Waals surface area contributed by atoms with Crippen molar-refractivity contribution in [3.8, 4) is 11.1 Å². The van der Waals surface area contributed by atoms with Crippen molar-refractivity contribution in [1.82, 2.24) is 0 Å². The zero-order valence-corrected chi connectivity index (χ0v) is 17.1. The summed E-state index contributed by atoms with van der Waals surface area (Å²) < 4.78 is 0. The fourth-order valence-electron chi connectivity index (χ4n) is 3.10. The molecule has 0 unspecified atom stereocenters. The van der Waals surface area contributed by atoms with E-state index >= 15 is 0 Å². The standard InChI is InChI=1S/C21H26.Zr/c1-20(2,3)16-9-7-14-11-15-8-10-17(21(4,5)6)13-19(15)18(14)12-16;/h7-10,12-13H,11H2,1-6H3;. The number of hydrogen-bond acceptors (Lipinski definition) is 0. The van der Waals surface area contributed by atoms with Gasteiger partial charge in [0.05, 0.1) is 0 Å². The summed E-state index contributed by atoms with van der Waals surface area (Å²) in [6.45, 7) is 13.7. The molecule has 0 saturated carbocycles. The van der Waals surface area contributed by atoms with Gasteiger partial charge in [0.15, 0.2) is 0 Å². The smallest absolute Gasteiger partial charge is 0 e. The van der Waals surface area contributed by atoms with Crippen LogP contribution >= 0.6 is 0 Å². The van der Waals surface area contributed by atoms with Gasteiger partial charge < -0.3 is 0 Å². The Morgan fingerprint density at radius 1 is 0.636 bits per heavy atom. The normalized spacial score (nSPS) is 13.4. The molecule has 1 aliphatic rings. The van der Waals surface area contributed by atoms with E-state index in [1.54, 1.807) is 0 Å². The van der Waals surface area contributed by atoms with Crippen LogP contribution in [0.2, 0.25) is 0 Å². The molecule has 114 valence electrons. The Hall–Kier alpha value is -0.677. The van der Waals surface area contributed by atoms with Crippen molar-refractivity contribution >= 4 is 0 Å². The molecule has 0 nitrogen and oxygen atoms in total. The fraction of sp³-hybridized carbons (Fsp3) is 0.429. The molecule has 0 fully saturated rings. The largest absolute Gasteiger partial charge is 0.0582 e. The molecule has 0 atom stereocenters. The first-order valence-corrected chi connectivity index (χ1v) is 7.93. The van der Waals surface area contributed by atoms with Gasteiger partial charge in [-0.1, -0.05) is 77.9 Å². The van der Waals surface area contributed by atoms with Crippen molar-refractivity contribution < 1.29 is 26.2 Å². The Labute approximate surface area is 154 Å². The molecular formula is C21H26Zr. The van der Waals surface area contributed by atoms with E-state index < -0.39 is 0 Å². The molecule has 22 heavy (non-hydrogen) atoms. The minimum absolute atomic E-state index is 0. The van der Waals surface area contributed by atoms with Crippen molar-refractivity contribution in [3.63, 3.8) is 0 Å². The maximum Gasteiger partial charge on any atom is 0 e. The van der Waals surface area contributed by atoms with Gasteiger partial charge in [0, 0.05) is 26.2 Å². The minimum atomic E-state index is 0. The third kappa shape index (κ3) is 3.16. The van der Waals surface area contributed by atoms with E-state index in [4.69, 9.17) is 0 Å². The molecular weight excluding hydrogens is 343 g/mol. The second-order valence-corrected chi connectivity index (χ2v) is 8.42. The van der Waals surface area contributed by atoms with Crippen LogP contribution < -0.4 is 0 Å². The van der Waals surface area contributed by atoms with Crippen molar-refractivity contribution in [3.05, 3.63) is 58.7 Å².